The van der Waals surface area contributed by atoms with Crippen molar-refractivity contribution in [3.63, 3.8) is 0 Å². The van der Waals surface area contributed by atoms with Gasteiger partial charge in [-0.1, -0.05) is 16.7 Å². The van der Waals surface area contributed by atoms with Crippen molar-refractivity contribution in [2.75, 3.05) is 18.0 Å². The first-order valence-corrected chi connectivity index (χ1v) is 6.16. The van der Waals surface area contributed by atoms with Gasteiger partial charge in [0.1, 0.15) is 0 Å². The van der Waals surface area contributed by atoms with Crippen molar-refractivity contribution in [3.8, 4) is 0 Å². The first kappa shape index (κ1) is 14.1. The molecule has 1 aromatic rings. The molecule has 0 aliphatic carbocycles. The first-order valence-electron chi connectivity index (χ1n) is 5.78. The van der Waals surface area contributed by atoms with E-state index >= 15 is 0 Å². The number of non-ortho nitro benzene ring substituents is 1. The molecule has 1 heterocycles. The summed E-state index contributed by atoms with van der Waals surface area (Å²) in [4.78, 5) is 26.1. The summed E-state index contributed by atoms with van der Waals surface area (Å²) in [7, 11) is 0. The standard InChI is InChI=1S/C11H10ClN5O3/c12-9-4-8(17(19)20)1-2-10(9)16-6-7(3-11(16)18)5-14-15-13/h1-2,4,7H,3,5-6H2. The maximum Gasteiger partial charge on any atom is 0.271 e. The molecule has 1 saturated heterocycles. The predicted octanol–water partition coefficient (Wildman–Crippen LogP) is 2.91. The second-order valence-corrected chi connectivity index (χ2v) is 4.79. The first-order chi connectivity index (χ1) is 9.52. The number of hydrogen-bond acceptors (Lipinski definition) is 4. The number of azide groups is 1. The number of amides is 1. The summed E-state index contributed by atoms with van der Waals surface area (Å²) >= 11 is 5.99. The molecule has 1 aliphatic rings. The minimum Gasteiger partial charge on any atom is -0.311 e. The molecule has 0 N–H and O–H groups in total. The molecule has 8 nitrogen and oxygen atoms in total. The summed E-state index contributed by atoms with van der Waals surface area (Å²) < 4.78 is 0. The molecule has 1 aliphatic heterocycles. The van der Waals surface area contributed by atoms with Gasteiger partial charge in [0.15, 0.2) is 0 Å². The van der Waals surface area contributed by atoms with Gasteiger partial charge in [-0.2, -0.15) is 0 Å². The summed E-state index contributed by atoms with van der Waals surface area (Å²) in [6.07, 6.45) is 0.270. The maximum absolute atomic E-state index is 11.9. The highest BCUT2D eigenvalue weighted by Crippen LogP contribution is 2.33. The van der Waals surface area contributed by atoms with E-state index in [0.717, 1.165) is 0 Å². The molecular weight excluding hydrogens is 286 g/mol. The van der Waals surface area contributed by atoms with Gasteiger partial charge in [-0.3, -0.25) is 14.9 Å². The lowest BCUT2D eigenvalue weighted by Crippen LogP contribution is -2.25. The lowest BCUT2D eigenvalue weighted by molar-refractivity contribution is -0.384. The fraction of sp³-hybridized carbons (Fsp3) is 0.364. The quantitative estimate of drug-likeness (QED) is 0.280. The van der Waals surface area contributed by atoms with Crippen LogP contribution < -0.4 is 4.90 Å². The Hall–Kier alpha value is -2.31. The van der Waals surface area contributed by atoms with E-state index in [1.807, 2.05) is 0 Å². The van der Waals surface area contributed by atoms with E-state index in [2.05, 4.69) is 10.0 Å². The minimum absolute atomic E-state index is 0.0651. The van der Waals surface area contributed by atoms with E-state index in [9.17, 15) is 14.9 Å². The highest BCUT2D eigenvalue weighted by atomic mass is 35.5. The number of hydrogen-bond donors (Lipinski definition) is 0. The highest BCUT2D eigenvalue weighted by molar-refractivity contribution is 6.34. The molecule has 0 bridgehead atoms. The van der Waals surface area contributed by atoms with Crippen molar-refractivity contribution < 1.29 is 9.72 Å². The molecule has 2 rings (SSSR count). The smallest absolute Gasteiger partial charge is 0.271 e. The number of nitrogens with zero attached hydrogens (tertiary/aromatic N) is 5. The van der Waals surface area contributed by atoms with Crippen molar-refractivity contribution in [3.05, 3.63) is 43.8 Å². The Morgan fingerprint density at radius 1 is 1.60 bits per heavy atom. The Labute approximate surface area is 118 Å². The number of carbonyl (C=O) groups excluding carboxylic acids is 1. The van der Waals surface area contributed by atoms with E-state index < -0.39 is 4.92 Å². The molecule has 104 valence electrons. The molecule has 0 aromatic heterocycles. The van der Waals surface area contributed by atoms with Crippen LogP contribution in [-0.2, 0) is 4.79 Å². The Morgan fingerprint density at radius 2 is 2.35 bits per heavy atom. The Balaban J connectivity index is 2.21. The van der Waals surface area contributed by atoms with E-state index in [-0.39, 0.29) is 35.5 Å². The van der Waals surface area contributed by atoms with Gasteiger partial charge in [0, 0.05) is 36.6 Å². The fourth-order valence-electron chi connectivity index (χ4n) is 2.12. The molecular formula is C11H10ClN5O3. The number of nitro benzene ring substituents is 1. The molecule has 9 heteroatoms. The van der Waals surface area contributed by atoms with Gasteiger partial charge in [0.2, 0.25) is 5.91 Å². The highest BCUT2D eigenvalue weighted by Gasteiger charge is 2.31. The van der Waals surface area contributed by atoms with Crippen molar-refractivity contribution in [2.45, 2.75) is 6.42 Å². The van der Waals surface area contributed by atoms with E-state index in [1.165, 1.54) is 23.1 Å². The number of carbonyl (C=O) groups is 1. The summed E-state index contributed by atoms with van der Waals surface area (Å²) in [5, 5.41) is 14.2. The van der Waals surface area contributed by atoms with Crippen LogP contribution in [0.25, 0.3) is 10.4 Å². The fourth-order valence-corrected chi connectivity index (χ4v) is 2.39. The minimum atomic E-state index is -0.550. The summed E-state index contributed by atoms with van der Waals surface area (Å²) in [6.45, 7) is 0.624. The van der Waals surface area contributed by atoms with Gasteiger partial charge in [-0.05, 0) is 17.5 Å². The molecule has 20 heavy (non-hydrogen) atoms. The van der Waals surface area contributed by atoms with Gasteiger partial charge < -0.3 is 4.90 Å². The van der Waals surface area contributed by atoms with E-state index in [0.29, 0.717) is 12.2 Å². The summed E-state index contributed by atoms with van der Waals surface area (Å²) in [5.74, 6) is -0.205. The number of halogens is 1. The Kier molecular flexibility index (Phi) is 4.07. The van der Waals surface area contributed by atoms with Crippen molar-refractivity contribution in [1.29, 1.82) is 0 Å². The van der Waals surface area contributed by atoms with Gasteiger partial charge in [0.25, 0.3) is 5.69 Å². The molecule has 0 radical (unpaired) electrons. The largest absolute Gasteiger partial charge is 0.311 e. The molecule has 1 atom stereocenters. The van der Waals surface area contributed by atoms with Crippen LogP contribution in [0.1, 0.15) is 6.42 Å². The van der Waals surface area contributed by atoms with Crippen LogP contribution in [0.4, 0.5) is 11.4 Å². The zero-order valence-electron chi connectivity index (χ0n) is 10.3. The average molecular weight is 296 g/mol. The average Bonchev–Trinajstić information content (AvgIpc) is 2.77. The maximum atomic E-state index is 11.9. The molecule has 0 spiro atoms. The lowest BCUT2D eigenvalue weighted by Gasteiger charge is -2.17. The summed E-state index contributed by atoms with van der Waals surface area (Å²) in [5.41, 5.74) is 8.58. The van der Waals surface area contributed by atoms with E-state index in [4.69, 9.17) is 17.1 Å². The van der Waals surface area contributed by atoms with Gasteiger partial charge in [-0.25, -0.2) is 0 Å². The Morgan fingerprint density at radius 3 is 2.95 bits per heavy atom. The molecule has 1 amide bonds. The third-order valence-corrected chi connectivity index (χ3v) is 3.34. The van der Waals surface area contributed by atoms with Crippen molar-refractivity contribution in [1.82, 2.24) is 0 Å². The monoisotopic (exact) mass is 295 g/mol. The predicted molar refractivity (Wildman–Crippen MR) is 72.6 cm³/mol. The lowest BCUT2D eigenvalue weighted by atomic mass is 10.1. The zero-order chi connectivity index (χ0) is 14.7. The second kappa shape index (κ2) is 5.77. The van der Waals surface area contributed by atoms with Crippen LogP contribution in [-0.4, -0.2) is 23.9 Å². The molecule has 0 saturated carbocycles. The van der Waals surface area contributed by atoms with Crippen LogP contribution >= 0.6 is 11.6 Å². The normalized spacial score (nSPS) is 17.9. The van der Waals surface area contributed by atoms with Crippen LogP contribution in [0.2, 0.25) is 5.02 Å². The third-order valence-electron chi connectivity index (χ3n) is 3.04. The number of anilines is 1. The second-order valence-electron chi connectivity index (χ2n) is 4.38. The van der Waals surface area contributed by atoms with Gasteiger partial charge in [0.05, 0.1) is 15.6 Å². The van der Waals surface area contributed by atoms with Crippen LogP contribution in [0.15, 0.2) is 23.3 Å². The summed E-state index contributed by atoms with van der Waals surface area (Å²) in [6, 6.07) is 3.97. The van der Waals surface area contributed by atoms with Crippen molar-refractivity contribution >= 4 is 28.9 Å². The molecule has 1 fully saturated rings. The zero-order valence-corrected chi connectivity index (χ0v) is 11.0. The third kappa shape index (κ3) is 2.81. The number of rotatable bonds is 4. The molecule has 1 aromatic carbocycles. The van der Waals surface area contributed by atoms with Crippen molar-refractivity contribution in [2.24, 2.45) is 11.0 Å². The molecule has 1 unspecified atom stereocenters. The number of benzene rings is 1. The number of nitro groups is 1. The van der Waals surface area contributed by atoms with Gasteiger partial charge >= 0.3 is 0 Å². The van der Waals surface area contributed by atoms with Gasteiger partial charge in [-0.15, -0.1) is 0 Å². The topological polar surface area (TPSA) is 112 Å². The van der Waals surface area contributed by atoms with Crippen LogP contribution in [0, 0.1) is 16.0 Å². The Bertz CT molecular complexity index is 614. The van der Waals surface area contributed by atoms with Crippen LogP contribution in [0.5, 0.6) is 0 Å². The van der Waals surface area contributed by atoms with Crippen LogP contribution in [0.3, 0.4) is 0 Å². The van der Waals surface area contributed by atoms with E-state index in [1.54, 1.807) is 0 Å². The SMILES string of the molecule is [N-]=[N+]=NCC1CC(=O)N(c2ccc([N+](=O)[O-])cc2Cl)C1.